The van der Waals surface area contributed by atoms with Crippen molar-refractivity contribution < 1.29 is 8.78 Å². The minimum absolute atomic E-state index is 0.00234. The molecule has 0 fully saturated rings. The second-order valence-corrected chi connectivity index (χ2v) is 5.32. The number of halogens is 4. The SMILES string of the molecule is Fc1cccc(-n2c(CCCl)nc3cc(F)c(Cl)cc32)c1. The summed E-state index contributed by atoms with van der Waals surface area (Å²) in [5.74, 6) is 0.0895. The zero-order valence-corrected chi connectivity index (χ0v) is 12.3. The van der Waals surface area contributed by atoms with E-state index in [1.807, 2.05) is 0 Å². The van der Waals surface area contributed by atoms with E-state index in [2.05, 4.69) is 4.98 Å². The molecule has 0 unspecified atom stereocenters. The molecule has 0 aliphatic rings. The zero-order valence-electron chi connectivity index (χ0n) is 10.8. The van der Waals surface area contributed by atoms with Crippen molar-refractivity contribution in [2.45, 2.75) is 6.42 Å². The first-order valence-electron chi connectivity index (χ1n) is 6.28. The van der Waals surface area contributed by atoms with Crippen LogP contribution in [-0.4, -0.2) is 15.4 Å². The molecule has 0 saturated heterocycles. The first-order chi connectivity index (χ1) is 10.1. The quantitative estimate of drug-likeness (QED) is 0.636. The van der Waals surface area contributed by atoms with Gasteiger partial charge in [-0.1, -0.05) is 17.7 Å². The Hall–Kier alpha value is -1.65. The van der Waals surface area contributed by atoms with Crippen molar-refractivity contribution in [2.24, 2.45) is 0 Å². The van der Waals surface area contributed by atoms with Crippen LogP contribution in [0.2, 0.25) is 5.02 Å². The highest BCUT2D eigenvalue weighted by Gasteiger charge is 2.15. The van der Waals surface area contributed by atoms with Crippen LogP contribution >= 0.6 is 23.2 Å². The summed E-state index contributed by atoms with van der Waals surface area (Å²) in [5, 5.41) is -0.00234. The molecule has 0 N–H and O–H groups in total. The molecular weight excluding hydrogens is 317 g/mol. The Labute approximate surface area is 129 Å². The molecule has 0 bridgehead atoms. The lowest BCUT2D eigenvalue weighted by atomic mass is 10.2. The van der Waals surface area contributed by atoms with E-state index in [0.717, 1.165) is 0 Å². The zero-order chi connectivity index (χ0) is 15.0. The smallest absolute Gasteiger partial charge is 0.144 e. The lowest BCUT2D eigenvalue weighted by molar-refractivity contribution is 0.626. The third kappa shape index (κ3) is 2.61. The molecule has 6 heteroatoms. The number of aryl methyl sites for hydroxylation is 1. The number of aromatic nitrogens is 2. The van der Waals surface area contributed by atoms with E-state index >= 15 is 0 Å². The van der Waals surface area contributed by atoms with Crippen molar-refractivity contribution in [3.63, 3.8) is 0 Å². The Morgan fingerprint density at radius 2 is 1.95 bits per heavy atom. The van der Waals surface area contributed by atoms with Gasteiger partial charge in [0.05, 0.1) is 21.7 Å². The third-order valence-electron chi connectivity index (χ3n) is 3.15. The number of imidazole rings is 1. The predicted molar refractivity (Wildman–Crippen MR) is 80.4 cm³/mol. The van der Waals surface area contributed by atoms with Gasteiger partial charge < -0.3 is 0 Å². The molecule has 1 heterocycles. The predicted octanol–water partition coefficient (Wildman–Crippen LogP) is 4.74. The van der Waals surface area contributed by atoms with Gasteiger partial charge in [0.15, 0.2) is 0 Å². The van der Waals surface area contributed by atoms with Gasteiger partial charge in [-0.05, 0) is 24.3 Å². The molecule has 2 nitrogen and oxygen atoms in total. The fraction of sp³-hybridized carbons (Fsp3) is 0.133. The summed E-state index contributed by atoms with van der Waals surface area (Å²) in [6, 6.07) is 8.85. The average molecular weight is 327 g/mol. The van der Waals surface area contributed by atoms with Crippen LogP contribution in [0.15, 0.2) is 36.4 Å². The van der Waals surface area contributed by atoms with Crippen molar-refractivity contribution in [2.75, 3.05) is 5.88 Å². The number of nitrogens with zero attached hydrogens (tertiary/aromatic N) is 2. The van der Waals surface area contributed by atoms with E-state index in [1.165, 1.54) is 24.3 Å². The minimum Gasteiger partial charge on any atom is -0.296 e. The minimum atomic E-state index is -0.537. The number of alkyl halides is 1. The third-order valence-corrected chi connectivity index (χ3v) is 3.63. The Morgan fingerprint density at radius 3 is 2.67 bits per heavy atom. The molecule has 0 atom stereocenters. The first kappa shape index (κ1) is 14.3. The lowest BCUT2D eigenvalue weighted by Gasteiger charge is -2.09. The molecule has 0 amide bonds. The van der Waals surface area contributed by atoms with Gasteiger partial charge in [0.1, 0.15) is 17.5 Å². The fourth-order valence-corrected chi connectivity index (χ4v) is 2.61. The van der Waals surface area contributed by atoms with E-state index in [0.29, 0.717) is 34.8 Å². The van der Waals surface area contributed by atoms with Gasteiger partial charge in [0.25, 0.3) is 0 Å². The lowest BCUT2D eigenvalue weighted by Crippen LogP contribution is -2.02. The molecule has 0 aliphatic carbocycles. The molecule has 2 aromatic carbocycles. The highest BCUT2D eigenvalue weighted by atomic mass is 35.5. The van der Waals surface area contributed by atoms with Crippen LogP contribution in [0.25, 0.3) is 16.7 Å². The Morgan fingerprint density at radius 1 is 1.14 bits per heavy atom. The molecule has 3 aromatic rings. The van der Waals surface area contributed by atoms with Crippen molar-refractivity contribution in [1.82, 2.24) is 9.55 Å². The summed E-state index contributed by atoms with van der Waals surface area (Å²) in [6.07, 6.45) is 0.478. The summed E-state index contributed by atoms with van der Waals surface area (Å²) < 4.78 is 28.8. The summed E-state index contributed by atoms with van der Waals surface area (Å²) in [4.78, 5) is 4.37. The normalized spacial score (nSPS) is 11.2. The number of benzene rings is 2. The number of rotatable bonds is 3. The van der Waals surface area contributed by atoms with E-state index in [-0.39, 0.29) is 10.8 Å². The topological polar surface area (TPSA) is 17.8 Å². The molecule has 108 valence electrons. The van der Waals surface area contributed by atoms with E-state index in [4.69, 9.17) is 23.2 Å². The van der Waals surface area contributed by atoms with Gasteiger partial charge in [-0.3, -0.25) is 4.57 Å². The van der Waals surface area contributed by atoms with Crippen LogP contribution in [0.3, 0.4) is 0 Å². The highest BCUT2D eigenvalue weighted by Crippen LogP contribution is 2.27. The molecule has 0 aliphatic heterocycles. The molecule has 1 aromatic heterocycles. The van der Waals surface area contributed by atoms with Gasteiger partial charge in [-0.2, -0.15) is 0 Å². The standard InChI is InChI=1S/C15H10Cl2F2N2/c16-5-4-15-20-13-8-12(19)11(17)7-14(13)21(15)10-3-1-2-9(18)6-10/h1-3,6-8H,4-5H2. The second-order valence-electron chi connectivity index (χ2n) is 4.54. The van der Waals surface area contributed by atoms with Gasteiger partial charge in [0.2, 0.25) is 0 Å². The Balaban J connectivity index is 2.32. The Bertz CT molecular complexity index is 815. The van der Waals surface area contributed by atoms with Crippen LogP contribution in [0.4, 0.5) is 8.78 Å². The second kappa shape index (κ2) is 5.62. The largest absolute Gasteiger partial charge is 0.296 e. The fourth-order valence-electron chi connectivity index (χ4n) is 2.28. The number of hydrogen-bond acceptors (Lipinski definition) is 1. The van der Waals surface area contributed by atoms with Crippen LogP contribution in [0.5, 0.6) is 0 Å². The maximum atomic E-state index is 13.6. The molecule has 21 heavy (non-hydrogen) atoms. The summed E-state index contributed by atoms with van der Waals surface area (Å²) in [5.41, 5.74) is 1.67. The van der Waals surface area contributed by atoms with Gasteiger partial charge in [-0.15, -0.1) is 11.6 Å². The van der Waals surface area contributed by atoms with Gasteiger partial charge in [0, 0.05) is 18.4 Å². The monoisotopic (exact) mass is 326 g/mol. The summed E-state index contributed by atoms with van der Waals surface area (Å²) >= 11 is 11.6. The van der Waals surface area contributed by atoms with Gasteiger partial charge >= 0.3 is 0 Å². The van der Waals surface area contributed by atoms with Crippen molar-refractivity contribution in [3.8, 4) is 5.69 Å². The molecule has 3 rings (SSSR count). The molecule has 0 radical (unpaired) electrons. The summed E-state index contributed by atoms with van der Waals surface area (Å²) in [7, 11) is 0. The van der Waals surface area contributed by atoms with Crippen molar-refractivity contribution in [3.05, 3.63) is 58.9 Å². The average Bonchev–Trinajstić information content (AvgIpc) is 2.77. The van der Waals surface area contributed by atoms with Crippen LogP contribution in [0.1, 0.15) is 5.82 Å². The van der Waals surface area contributed by atoms with Gasteiger partial charge in [-0.25, -0.2) is 13.8 Å². The molecule has 0 spiro atoms. The van der Waals surface area contributed by atoms with Crippen molar-refractivity contribution >= 4 is 34.2 Å². The van der Waals surface area contributed by atoms with E-state index in [1.54, 1.807) is 16.7 Å². The number of fused-ring (bicyclic) bond motifs is 1. The van der Waals surface area contributed by atoms with E-state index in [9.17, 15) is 8.78 Å². The van der Waals surface area contributed by atoms with Crippen LogP contribution in [-0.2, 0) is 6.42 Å². The first-order valence-corrected chi connectivity index (χ1v) is 7.19. The maximum absolute atomic E-state index is 13.6. The van der Waals surface area contributed by atoms with Crippen LogP contribution in [0, 0.1) is 11.6 Å². The maximum Gasteiger partial charge on any atom is 0.144 e. The molecular formula is C15H10Cl2F2N2. The number of hydrogen-bond donors (Lipinski definition) is 0. The van der Waals surface area contributed by atoms with Crippen LogP contribution < -0.4 is 0 Å². The highest BCUT2D eigenvalue weighted by molar-refractivity contribution is 6.31. The molecule has 0 saturated carbocycles. The Kier molecular flexibility index (Phi) is 3.83. The van der Waals surface area contributed by atoms with E-state index < -0.39 is 5.82 Å². The summed E-state index contributed by atoms with van der Waals surface area (Å²) in [6.45, 7) is 0. The van der Waals surface area contributed by atoms with Crippen molar-refractivity contribution in [1.29, 1.82) is 0 Å².